The minimum Gasteiger partial charge on any atom is -0.287 e. The molecular formula is C15H17BrClN3. The van der Waals surface area contributed by atoms with Gasteiger partial charge < -0.3 is 0 Å². The highest BCUT2D eigenvalue weighted by Crippen LogP contribution is 2.33. The van der Waals surface area contributed by atoms with E-state index < -0.39 is 0 Å². The molecular weight excluding hydrogens is 338 g/mol. The fraction of sp³-hybridized carbons (Fsp3) is 0.467. The summed E-state index contributed by atoms with van der Waals surface area (Å²) in [6.07, 6.45) is 10.3. The Morgan fingerprint density at radius 2 is 2.25 bits per heavy atom. The van der Waals surface area contributed by atoms with Gasteiger partial charge in [-0.05, 0) is 40.9 Å². The van der Waals surface area contributed by atoms with E-state index in [0.717, 1.165) is 21.8 Å². The molecule has 2 heterocycles. The molecule has 4 atom stereocenters. The summed E-state index contributed by atoms with van der Waals surface area (Å²) in [5, 5.41) is 7.74. The molecule has 0 N–H and O–H groups in total. The van der Waals surface area contributed by atoms with Crippen LogP contribution in [0.4, 0.5) is 0 Å². The van der Waals surface area contributed by atoms with Gasteiger partial charge >= 0.3 is 0 Å². The number of hydrazone groups is 1. The van der Waals surface area contributed by atoms with Gasteiger partial charge in [-0.15, -0.1) is 0 Å². The fourth-order valence-corrected chi connectivity index (χ4v) is 3.65. The number of hydrogen-bond acceptors (Lipinski definition) is 3. The molecule has 0 radical (unpaired) electrons. The quantitative estimate of drug-likeness (QED) is 0.742. The molecule has 3 aliphatic rings. The van der Waals surface area contributed by atoms with Crippen LogP contribution in [0.3, 0.4) is 0 Å². The minimum absolute atomic E-state index is 0.147. The molecule has 0 aromatic rings. The van der Waals surface area contributed by atoms with Crippen LogP contribution in [0.25, 0.3) is 0 Å². The summed E-state index contributed by atoms with van der Waals surface area (Å²) in [6.45, 7) is 5.07. The summed E-state index contributed by atoms with van der Waals surface area (Å²) in [7, 11) is 0. The van der Waals surface area contributed by atoms with Gasteiger partial charge in [-0.2, -0.15) is 5.10 Å². The average Bonchev–Trinajstić information content (AvgIpc) is 2.70. The van der Waals surface area contributed by atoms with Crippen molar-refractivity contribution in [2.24, 2.45) is 21.9 Å². The second-order valence-corrected chi connectivity index (χ2v) is 6.88. The highest BCUT2D eigenvalue weighted by molar-refractivity contribution is 9.12. The number of hydrogen-bond donors (Lipinski definition) is 0. The Morgan fingerprint density at radius 3 is 3.00 bits per heavy atom. The molecule has 0 bridgehead atoms. The molecule has 0 spiro atoms. The minimum atomic E-state index is 0.147. The maximum atomic E-state index is 6.38. The maximum absolute atomic E-state index is 6.38. The normalized spacial score (nSPS) is 35.6. The van der Waals surface area contributed by atoms with E-state index in [2.05, 4.69) is 45.0 Å². The predicted octanol–water partition coefficient (Wildman–Crippen LogP) is 3.72. The van der Waals surface area contributed by atoms with Gasteiger partial charge in [0.15, 0.2) is 0 Å². The summed E-state index contributed by atoms with van der Waals surface area (Å²) < 4.78 is 1.02. The molecule has 0 saturated heterocycles. The van der Waals surface area contributed by atoms with Gasteiger partial charge in [-0.1, -0.05) is 30.7 Å². The van der Waals surface area contributed by atoms with Crippen LogP contribution >= 0.6 is 27.5 Å². The lowest BCUT2D eigenvalue weighted by atomic mass is 9.89. The van der Waals surface area contributed by atoms with Crippen LogP contribution in [0.15, 0.2) is 43.9 Å². The first-order chi connectivity index (χ1) is 9.56. The van der Waals surface area contributed by atoms with Crippen molar-refractivity contribution >= 4 is 39.5 Å². The zero-order valence-corrected chi connectivity index (χ0v) is 13.8. The predicted molar refractivity (Wildman–Crippen MR) is 88.6 cm³/mol. The van der Waals surface area contributed by atoms with Crippen LogP contribution in [0.2, 0.25) is 0 Å². The van der Waals surface area contributed by atoms with Crippen LogP contribution in [-0.4, -0.2) is 35.6 Å². The van der Waals surface area contributed by atoms with Gasteiger partial charge in [-0.3, -0.25) is 10.0 Å². The highest BCUT2D eigenvalue weighted by atomic mass is 79.9. The number of halogens is 2. The molecule has 0 fully saturated rings. The average molecular weight is 355 g/mol. The largest absolute Gasteiger partial charge is 0.287 e. The van der Waals surface area contributed by atoms with Gasteiger partial charge in [-0.25, -0.2) is 0 Å². The first-order valence-electron chi connectivity index (χ1n) is 6.82. The lowest BCUT2D eigenvalue weighted by Crippen LogP contribution is -2.39. The van der Waals surface area contributed by atoms with Crippen LogP contribution < -0.4 is 0 Å². The van der Waals surface area contributed by atoms with E-state index in [1.54, 1.807) is 0 Å². The molecule has 106 valence electrons. The van der Waals surface area contributed by atoms with Crippen LogP contribution in [-0.2, 0) is 0 Å². The zero-order chi connectivity index (χ0) is 14.3. The second kappa shape index (κ2) is 5.49. The number of fused-ring (bicyclic) bond motifs is 1. The van der Waals surface area contributed by atoms with Gasteiger partial charge in [0.1, 0.15) is 6.04 Å². The zero-order valence-electron chi connectivity index (χ0n) is 11.5. The molecule has 3 rings (SSSR count). The summed E-state index contributed by atoms with van der Waals surface area (Å²) in [4.78, 5) is 4.56. The highest BCUT2D eigenvalue weighted by Gasteiger charge is 2.37. The Kier molecular flexibility index (Phi) is 3.87. The van der Waals surface area contributed by atoms with Crippen LogP contribution in [0.5, 0.6) is 0 Å². The van der Waals surface area contributed by atoms with Crippen LogP contribution in [0.1, 0.15) is 13.8 Å². The van der Waals surface area contributed by atoms with Crippen molar-refractivity contribution in [3.63, 3.8) is 0 Å². The number of rotatable bonds is 2. The molecule has 1 aliphatic carbocycles. The number of nitrogens with zero attached hydrogens (tertiary/aromatic N) is 3. The van der Waals surface area contributed by atoms with E-state index in [1.165, 1.54) is 0 Å². The summed E-state index contributed by atoms with van der Waals surface area (Å²) >= 11 is 9.88. The first-order valence-corrected chi connectivity index (χ1v) is 7.99. The molecule has 20 heavy (non-hydrogen) atoms. The third kappa shape index (κ3) is 2.51. The monoisotopic (exact) mass is 353 g/mol. The van der Waals surface area contributed by atoms with E-state index in [1.807, 2.05) is 25.3 Å². The van der Waals surface area contributed by atoms with Gasteiger partial charge in [0, 0.05) is 28.2 Å². The van der Waals surface area contributed by atoms with Crippen molar-refractivity contribution in [1.29, 1.82) is 0 Å². The van der Waals surface area contributed by atoms with Gasteiger partial charge in [0.05, 0.1) is 11.8 Å². The Hall–Kier alpha value is -0.870. The number of aliphatic imine (C=N–C) groups is 1. The Bertz CT molecular complexity index is 561. The lowest BCUT2D eigenvalue weighted by Gasteiger charge is -2.32. The standard InChI is InChI=1S/C15H17BrClN3/c1-9-4-3-5-13(17)12(9)8-20-14-6-11(16)7-18-15(14)10(2)19-20/h3-7,9,12,14-15H,8H2,1-2H3. The van der Waals surface area contributed by atoms with Crippen molar-refractivity contribution in [3.05, 3.63) is 33.8 Å². The van der Waals surface area contributed by atoms with Gasteiger partial charge in [0.2, 0.25) is 0 Å². The lowest BCUT2D eigenvalue weighted by molar-refractivity contribution is 0.214. The first kappa shape index (κ1) is 14.1. The van der Waals surface area contributed by atoms with E-state index in [9.17, 15) is 0 Å². The summed E-state index contributed by atoms with van der Waals surface area (Å²) in [6, 6.07) is 0.352. The summed E-state index contributed by atoms with van der Waals surface area (Å²) in [5.74, 6) is 0.733. The van der Waals surface area contributed by atoms with E-state index in [4.69, 9.17) is 16.7 Å². The summed E-state index contributed by atoms with van der Waals surface area (Å²) in [5.41, 5.74) is 1.07. The molecule has 0 saturated carbocycles. The van der Waals surface area contributed by atoms with E-state index in [0.29, 0.717) is 11.8 Å². The topological polar surface area (TPSA) is 28.0 Å². The maximum Gasteiger partial charge on any atom is 0.115 e. The molecule has 2 aliphatic heterocycles. The third-order valence-electron chi connectivity index (χ3n) is 4.11. The van der Waals surface area contributed by atoms with Gasteiger partial charge in [0.25, 0.3) is 0 Å². The molecule has 4 unspecified atom stereocenters. The molecule has 3 nitrogen and oxygen atoms in total. The Morgan fingerprint density at radius 1 is 1.45 bits per heavy atom. The SMILES string of the molecule is CC1=NN(CC2C(Cl)=CC=CC2C)C2C=C(Br)C=NC12. The fourth-order valence-electron chi connectivity index (χ4n) is 2.92. The van der Waals surface area contributed by atoms with E-state index in [-0.39, 0.29) is 12.1 Å². The second-order valence-electron chi connectivity index (χ2n) is 5.53. The van der Waals surface area contributed by atoms with Crippen molar-refractivity contribution < 1.29 is 0 Å². The molecule has 0 aromatic heterocycles. The Labute approximate surface area is 132 Å². The van der Waals surface area contributed by atoms with Crippen molar-refractivity contribution in [2.75, 3.05) is 6.54 Å². The van der Waals surface area contributed by atoms with E-state index >= 15 is 0 Å². The van der Waals surface area contributed by atoms with Crippen molar-refractivity contribution in [1.82, 2.24) is 5.01 Å². The number of allylic oxidation sites excluding steroid dienone is 4. The Balaban J connectivity index is 1.80. The van der Waals surface area contributed by atoms with Crippen molar-refractivity contribution in [2.45, 2.75) is 25.9 Å². The third-order valence-corrected chi connectivity index (χ3v) is 4.99. The van der Waals surface area contributed by atoms with Crippen LogP contribution in [0, 0.1) is 11.8 Å². The molecule has 0 aromatic carbocycles. The van der Waals surface area contributed by atoms with Crippen molar-refractivity contribution in [3.8, 4) is 0 Å². The number of dihydropyridines is 1. The smallest absolute Gasteiger partial charge is 0.115 e. The molecule has 0 amide bonds. The molecule has 5 heteroatoms.